The fraction of sp³-hybridized carbons (Fsp3) is 0.400. The molecule has 1 N–H and O–H groups in total. The maximum absolute atomic E-state index is 9.88. The molecule has 0 bridgehead atoms. The van der Waals surface area contributed by atoms with Crippen LogP contribution in [0.4, 0.5) is 0 Å². The second kappa shape index (κ2) is 3.41. The Morgan fingerprint density at radius 1 is 1.17 bits per heavy atom. The quantitative estimate of drug-likeness (QED) is 0.693. The topological polar surface area (TPSA) is 20.2 Å². The van der Waals surface area contributed by atoms with Gasteiger partial charge in [0.1, 0.15) is 0 Å². The van der Waals surface area contributed by atoms with E-state index < -0.39 is 8.32 Å². The summed E-state index contributed by atoms with van der Waals surface area (Å²) in [4.78, 5) is 9.88. The fourth-order valence-corrected chi connectivity index (χ4v) is 2.16. The Bertz CT molecular complexity index is 238. The Labute approximate surface area is 75.2 Å². The molecule has 0 fully saturated rings. The van der Waals surface area contributed by atoms with Gasteiger partial charge in [0.25, 0.3) is 0 Å². The van der Waals surface area contributed by atoms with Crippen LogP contribution in [0.1, 0.15) is 18.0 Å². The third-order valence-corrected chi connectivity index (χ3v) is 4.81. The van der Waals surface area contributed by atoms with Crippen LogP contribution in [0.25, 0.3) is 0 Å². The van der Waals surface area contributed by atoms with E-state index in [9.17, 15) is 4.80 Å². The van der Waals surface area contributed by atoms with E-state index in [0.29, 0.717) is 5.54 Å². The lowest BCUT2D eigenvalue weighted by molar-refractivity contribution is 0.532. The van der Waals surface area contributed by atoms with E-state index in [2.05, 4.69) is 19.1 Å². The van der Waals surface area contributed by atoms with Crippen LogP contribution in [-0.4, -0.2) is 13.1 Å². The predicted octanol–water partition coefficient (Wildman–Crippen LogP) is 2.53. The minimum absolute atomic E-state index is 0.318. The summed E-state index contributed by atoms with van der Waals surface area (Å²) in [5.41, 5.74) is 1.57. The summed E-state index contributed by atoms with van der Waals surface area (Å²) < 4.78 is 0. The summed E-state index contributed by atoms with van der Waals surface area (Å²) in [5.74, 6) is 0. The molecule has 1 nitrogen and oxygen atoms in total. The molecule has 0 aliphatic carbocycles. The SMILES string of the molecule is CC(c1ccccc1)[Si](C)(C)O. The van der Waals surface area contributed by atoms with Crippen LogP contribution in [0.5, 0.6) is 0 Å². The molecule has 1 unspecified atom stereocenters. The summed E-state index contributed by atoms with van der Waals surface area (Å²) in [5, 5.41) is 0. The maximum Gasteiger partial charge on any atom is 0.189 e. The molecule has 0 spiro atoms. The standard InChI is InChI=1S/C10H16OSi/c1-9(12(2,3)11)10-7-5-4-6-8-10/h4-9,11H,1-3H3. The third kappa shape index (κ3) is 2.19. The van der Waals surface area contributed by atoms with Crippen molar-refractivity contribution in [3.63, 3.8) is 0 Å². The number of rotatable bonds is 2. The lowest BCUT2D eigenvalue weighted by atomic mass is 10.2. The van der Waals surface area contributed by atoms with E-state index in [1.807, 2.05) is 31.3 Å². The minimum Gasteiger partial charge on any atom is -0.432 e. The lowest BCUT2D eigenvalue weighted by Gasteiger charge is -2.23. The molecule has 12 heavy (non-hydrogen) atoms. The molecule has 0 radical (unpaired) electrons. The summed E-state index contributed by atoms with van der Waals surface area (Å²) in [6, 6.07) is 10.2. The first kappa shape index (κ1) is 9.48. The number of benzene rings is 1. The zero-order valence-electron chi connectivity index (χ0n) is 7.91. The monoisotopic (exact) mass is 180 g/mol. The lowest BCUT2D eigenvalue weighted by Crippen LogP contribution is -2.33. The first-order chi connectivity index (χ1) is 5.52. The first-order valence-electron chi connectivity index (χ1n) is 4.29. The van der Waals surface area contributed by atoms with E-state index >= 15 is 0 Å². The molecule has 1 atom stereocenters. The summed E-state index contributed by atoms with van der Waals surface area (Å²) in [6.07, 6.45) is 0. The zero-order valence-corrected chi connectivity index (χ0v) is 8.91. The summed E-state index contributed by atoms with van der Waals surface area (Å²) in [6.45, 7) is 6.05. The molecule has 66 valence electrons. The normalized spacial score (nSPS) is 14.3. The number of hydrogen-bond donors (Lipinski definition) is 1. The third-order valence-electron chi connectivity index (χ3n) is 2.36. The van der Waals surface area contributed by atoms with Crippen LogP contribution in [0, 0.1) is 0 Å². The van der Waals surface area contributed by atoms with Crippen LogP contribution in [-0.2, 0) is 0 Å². The fourth-order valence-electron chi connectivity index (χ4n) is 1.15. The second-order valence-electron chi connectivity index (χ2n) is 3.79. The molecule has 0 aliphatic heterocycles. The molecule has 0 aromatic heterocycles. The van der Waals surface area contributed by atoms with Gasteiger partial charge in [0.2, 0.25) is 0 Å². The van der Waals surface area contributed by atoms with Crippen LogP contribution in [0.3, 0.4) is 0 Å². The van der Waals surface area contributed by atoms with Gasteiger partial charge in [0.15, 0.2) is 8.32 Å². The van der Waals surface area contributed by atoms with Crippen molar-refractivity contribution in [1.29, 1.82) is 0 Å². The van der Waals surface area contributed by atoms with Crippen molar-refractivity contribution in [1.82, 2.24) is 0 Å². The van der Waals surface area contributed by atoms with E-state index in [-0.39, 0.29) is 0 Å². The van der Waals surface area contributed by atoms with Gasteiger partial charge in [0, 0.05) is 0 Å². The van der Waals surface area contributed by atoms with Gasteiger partial charge >= 0.3 is 0 Å². The largest absolute Gasteiger partial charge is 0.432 e. The van der Waals surface area contributed by atoms with Gasteiger partial charge in [0.05, 0.1) is 0 Å². The van der Waals surface area contributed by atoms with Crippen LogP contribution < -0.4 is 0 Å². The molecule has 2 heteroatoms. The van der Waals surface area contributed by atoms with Gasteiger partial charge in [-0.2, -0.15) is 0 Å². The van der Waals surface area contributed by atoms with Crippen LogP contribution >= 0.6 is 0 Å². The Kier molecular flexibility index (Phi) is 2.70. The van der Waals surface area contributed by atoms with Crippen molar-refractivity contribution in [3.05, 3.63) is 35.9 Å². The van der Waals surface area contributed by atoms with Crippen molar-refractivity contribution in [2.75, 3.05) is 0 Å². The van der Waals surface area contributed by atoms with Crippen molar-refractivity contribution >= 4 is 8.32 Å². The second-order valence-corrected chi connectivity index (χ2v) is 7.96. The molecule has 1 aromatic carbocycles. The molecule has 1 rings (SSSR count). The Hall–Kier alpha value is -0.603. The molecule has 1 aromatic rings. The highest BCUT2D eigenvalue weighted by atomic mass is 28.4. The minimum atomic E-state index is -2.00. The van der Waals surface area contributed by atoms with Crippen LogP contribution in [0.2, 0.25) is 13.1 Å². The predicted molar refractivity (Wildman–Crippen MR) is 54.6 cm³/mol. The molecular weight excluding hydrogens is 164 g/mol. The average Bonchev–Trinajstić information content (AvgIpc) is 2.03. The maximum atomic E-state index is 9.88. The summed E-state index contributed by atoms with van der Waals surface area (Å²) >= 11 is 0. The smallest absolute Gasteiger partial charge is 0.189 e. The van der Waals surface area contributed by atoms with Crippen molar-refractivity contribution in [2.24, 2.45) is 0 Å². The van der Waals surface area contributed by atoms with Crippen molar-refractivity contribution in [2.45, 2.75) is 25.6 Å². The van der Waals surface area contributed by atoms with Gasteiger partial charge in [-0.25, -0.2) is 0 Å². The van der Waals surface area contributed by atoms with Gasteiger partial charge in [-0.15, -0.1) is 0 Å². The molecule has 0 amide bonds. The molecule has 0 saturated heterocycles. The van der Waals surface area contributed by atoms with Crippen molar-refractivity contribution < 1.29 is 4.80 Å². The van der Waals surface area contributed by atoms with Crippen LogP contribution in [0.15, 0.2) is 30.3 Å². The van der Waals surface area contributed by atoms with Gasteiger partial charge in [-0.3, -0.25) is 0 Å². The highest BCUT2D eigenvalue weighted by Crippen LogP contribution is 2.23. The average molecular weight is 180 g/mol. The van der Waals surface area contributed by atoms with E-state index in [4.69, 9.17) is 0 Å². The first-order valence-corrected chi connectivity index (χ1v) is 7.31. The van der Waals surface area contributed by atoms with E-state index in [0.717, 1.165) is 0 Å². The molecule has 0 heterocycles. The Morgan fingerprint density at radius 2 is 1.67 bits per heavy atom. The Balaban J connectivity index is 2.86. The summed E-state index contributed by atoms with van der Waals surface area (Å²) in [7, 11) is -2.00. The highest BCUT2D eigenvalue weighted by Gasteiger charge is 2.26. The van der Waals surface area contributed by atoms with Gasteiger partial charge < -0.3 is 4.80 Å². The molecule has 0 saturated carbocycles. The van der Waals surface area contributed by atoms with Crippen molar-refractivity contribution in [3.8, 4) is 0 Å². The Morgan fingerprint density at radius 3 is 2.08 bits per heavy atom. The van der Waals surface area contributed by atoms with E-state index in [1.165, 1.54) is 5.56 Å². The highest BCUT2D eigenvalue weighted by molar-refractivity contribution is 6.71. The zero-order chi connectivity index (χ0) is 9.19. The molecule has 0 aliphatic rings. The molecular formula is C10H16OSi. The van der Waals surface area contributed by atoms with Gasteiger partial charge in [-0.05, 0) is 24.2 Å². The van der Waals surface area contributed by atoms with Gasteiger partial charge in [-0.1, -0.05) is 37.3 Å². The number of hydrogen-bond acceptors (Lipinski definition) is 1. The van der Waals surface area contributed by atoms with E-state index in [1.54, 1.807) is 0 Å².